The molecular weight excluding hydrogens is 368 g/mol. The Kier molecular flexibility index (Phi) is 8.24. The van der Waals surface area contributed by atoms with Crippen LogP contribution in [0.3, 0.4) is 0 Å². The highest BCUT2D eigenvalue weighted by Crippen LogP contribution is 2.26. The van der Waals surface area contributed by atoms with Crippen molar-refractivity contribution in [2.45, 2.75) is 31.1 Å². The van der Waals surface area contributed by atoms with Crippen LogP contribution in [0.15, 0.2) is 54.6 Å². The zero-order valence-corrected chi connectivity index (χ0v) is 17.4. The Hall–Kier alpha value is -1.98. The van der Waals surface area contributed by atoms with Crippen molar-refractivity contribution in [3.63, 3.8) is 0 Å². The van der Waals surface area contributed by atoms with Gasteiger partial charge in [0.25, 0.3) is 0 Å². The Morgan fingerprint density at radius 3 is 2.68 bits per heavy atom. The lowest BCUT2D eigenvalue weighted by Gasteiger charge is -2.16. The maximum atomic E-state index is 12.4. The van der Waals surface area contributed by atoms with Crippen LogP contribution < -0.4 is 10.1 Å². The highest BCUT2D eigenvalue weighted by molar-refractivity contribution is 7.99. The van der Waals surface area contributed by atoms with Gasteiger partial charge in [-0.3, -0.25) is 9.69 Å². The smallest absolute Gasteiger partial charge is 0.237 e. The summed E-state index contributed by atoms with van der Waals surface area (Å²) in [7, 11) is 0. The van der Waals surface area contributed by atoms with Gasteiger partial charge in [-0.2, -0.15) is 0 Å². The van der Waals surface area contributed by atoms with Gasteiger partial charge in [0.1, 0.15) is 11.0 Å². The molecule has 3 rings (SSSR count). The van der Waals surface area contributed by atoms with Crippen LogP contribution in [0.25, 0.3) is 0 Å². The first kappa shape index (κ1) is 20.7. The lowest BCUT2D eigenvalue weighted by molar-refractivity contribution is -0.120. The molecule has 5 heteroatoms. The SMILES string of the molecule is CSC(C(=O)NCCCOc1cccc(CN2CCCC2)c1)c1ccccc1. The number of hydrogen-bond donors (Lipinski definition) is 1. The molecule has 1 aliphatic rings. The number of ether oxygens (including phenoxy) is 1. The van der Waals surface area contributed by atoms with E-state index in [0.29, 0.717) is 13.2 Å². The highest BCUT2D eigenvalue weighted by atomic mass is 32.2. The summed E-state index contributed by atoms with van der Waals surface area (Å²) in [5.74, 6) is 0.973. The number of benzene rings is 2. The van der Waals surface area contributed by atoms with Gasteiger partial charge in [0.05, 0.1) is 6.61 Å². The number of amides is 1. The van der Waals surface area contributed by atoms with Gasteiger partial charge in [-0.25, -0.2) is 0 Å². The molecule has 0 bridgehead atoms. The summed E-state index contributed by atoms with van der Waals surface area (Å²) in [5, 5.41) is 2.87. The molecule has 0 aromatic heterocycles. The van der Waals surface area contributed by atoms with E-state index in [1.165, 1.54) is 31.5 Å². The molecule has 1 fully saturated rings. The van der Waals surface area contributed by atoms with Crippen molar-refractivity contribution in [1.29, 1.82) is 0 Å². The molecule has 1 aliphatic heterocycles. The predicted molar refractivity (Wildman–Crippen MR) is 117 cm³/mol. The lowest BCUT2D eigenvalue weighted by atomic mass is 10.1. The third-order valence-electron chi connectivity index (χ3n) is 4.97. The Bertz CT molecular complexity index is 732. The Balaban J connectivity index is 1.38. The molecule has 1 saturated heterocycles. The fourth-order valence-corrected chi connectivity index (χ4v) is 4.25. The van der Waals surface area contributed by atoms with E-state index in [-0.39, 0.29) is 11.2 Å². The largest absolute Gasteiger partial charge is 0.494 e. The van der Waals surface area contributed by atoms with Gasteiger partial charge in [0.15, 0.2) is 0 Å². The van der Waals surface area contributed by atoms with Gasteiger partial charge in [-0.15, -0.1) is 11.8 Å². The fourth-order valence-electron chi connectivity index (χ4n) is 3.52. The van der Waals surface area contributed by atoms with Crippen LogP contribution in [0.5, 0.6) is 5.75 Å². The summed E-state index contributed by atoms with van der Waals surface area (Å²) in [6.45, 7) is 4.62. The van der Waals surface area contributed by atoms with E-state index in [0.717, 1.165) is 24.3 Å². The first-order valence-electron chi connectivity index (χ1n) is 10.1. The average molecular weight is 399 g/mol. The molecule has 1 atom stereocenters. The van der Waals surface area contributed by atoms with E-state index in [9.17, 15) is 4.79 Å². The summed E-state index contributed by atoms with van der Waals surface area (Å²) < 4.78 is 5.89. The quantitative estimate of drug-likeness (QED) is 0.607. The first-order valence-corrected chi connectivity index (χ1v) is 11.3. The number of nitrogens with zero attached hydrogens (tertiary/aromatic N) is 1. The molecule has 0 radical (unpaired) electrons. The number of nitrogens with one attached hydrogen (secondary N) is 1. The molecule has 0 saturated carbocycles. The summed E-state index contributed by atoms with van der Waals surface area (Å²) >= 11 is 1.56. The summed E-state index contributed by atoms with van der Waals surface area (Å²) in [5.41, 5.74) is 2.34. The minimum atomic E-state index is -0.163. The number of carbonyl (C=O) groups excluding carboxylic acids is 1. The molecule has 0 aliphatic carbocycles. The van der Waals surface area contributed by atoms with Crippen molar-refractivity contribution in [1.82, 2.24) is 10.2 Å². The monoisotopic (exact) mass is 398 g/mol. The first-order chi connectivity index (χ1) is 13.8. The van der Waals surface area contributed by atoms with Crippen LogP contribution in [-0.2, 0) is 11.3 Å². The van der Waals surface area contributed by atoms with E-state index < -0.39 is 0 Å². The van der Waals surface area contributed by atoms with E-state index in [1.54, 1.807) is 11.8 Å². The summed E-state index contributed by atoms with van der Waals surface area (Å²) in [6, 6.07) is 18.3. The molecule has 0 spiro atoms. The van der Waals surface area contributed by atoms with Gasteiger partial charge < -0.3 is 10.1 Å². The van der Waals surface area contributed by atoms with Crippen LogP contribution in [-0.4, -0.2) is 43.3 Å². The van der Waals surface area contributed by atoms with E-state index in [4.69, 9.17) is 4.74 Å². The zero-order valence-electron chi connectivity index (χ0n) is 16.6. The van der Waals surface area contributed by atoms with Crippen LogP contribution in [0.2, 0.25) is 0 Å². The zero-order chi connectivity index (χ0) is 19.6. The highest BCUT2D eigenvalue weighted by Gasteiger charge is 2.18. The molecule has 28 heavy (non-hydrogen) atoms. The summed E-state index contributed by atoms with van der Waals surface area (Å²) in [6.07, 6.45) is 5.38. The van der Waals surface area contributed by atoms with E-state index in [2.05, 4.69) is 28.4 Å². The summed E-state index contributed by atoms with van der Waals surface area (Å²) in [4.78, 5) is 14.9. The normalized spacial score (nSPS) is 15.3. The molecule has 1 heterocycles. The van der Waals surface area contributed by atoms with Crippen molar-refractivity contribution >= 4 is 17.7 Å². The molecule has 1 unspecified atom stereocenters. The number of likely N-dealkylation sites (tertiary alicyclic amines) is 1. The Labute approximate surface area is 172 Å². The predicted octanol–water partition coefficient (Wildman–Crippen LogP) is 4.27. The van der Waals surface area contributed by atoms with Crippen LogP contribution in [0.1, 0.15) is 35.6 Å². The standard InChI is InChI=1S/C23H30N2O2S/c1-28-22(20-10-3-2-4-11-20)23(26)24-13-8-16-27-21-12-7-9-19(17-21)18-25-14-5-6-15-25/h2-4,7,9-12,17,22H,5-6,8,13-16,18H2,1H3,(H,24,26). The topological polar surface area (TPSA) is 41.6 Å². The maximum Gasteiger partial charge on any atom is 0.237 e. The number of rotatable bonds is 10. The molecule has 150 valence electrons. The molecular formula is C23H30N2O2S. The second-order valence-corrected chi connectivity index (χ2v) is 8.09. The van der Waals surface area contributed by atoms with Gasteiger partial charge in [-0.1, -0.05) is 42.5 Å². The maximum absolute atomic E-state index is 12.4. The van der Waals surface area contributed by atoms with Crippen LogP contribution in [0, 0.1) is 0 Å². The second-order valence-electron chi connectivity index (χ2n) is 7.15. The fraction of sp³-hybridized carbons (Fsp3) is 0.435. The van der Waals surface area contributed by atoms with Crippen LogP contribution in [0.4, 0.5) is 0 Å². The molecule has 1 amide bonds. The third-order valence-corrected chi connectivity index (χ3v) is 5.93. The third kappa shape index (κ3) is 6.28. The van der Waals surface area contributed by atoms with E-state index in [1.807, 2.05) is 42.7 Å². The second kappa shape index (κ2) is 11.1. The van der Waals surface area contributed by atoms with Gasteiger partial charge >= 0.3 is 0 Å². The van der Waals surface area contributed by atoms with Crippen molar-refractivity contribution < 1.29 is 9.53 Å². The van der Waals surface area contributed by atoms with Gasteiger partial charge in [0, 0.05) is 13.1 Å². The van der Waals surface area contributed by atoms with Crippen molar-refractivity contribution in [2.24, 2.45) is 0 Å². The van der Waals surface area contributed by atoms with Crippen molar-refractivity contribution in [3.8, 4) is 5.75 Å². The number of hydrogen-bond acceptors (Lipinski definition) is 4. The molecule has 2 aromatic rings. The van der Waals surface area contributed by atoms with Crippen molar-refractivity contribution in [3.05, 3.63) is 65.7 Å². The van der Waals surface area contributed by atoms with Crippen molar-refractivity contribution in [2.75, 3.05) is 32.5 Å². The Morgan fingerprint density at radius 2 is 1.93 bits per heavy atom. The van der Waals surface area contributed by atoms with Gasteiger partial charge in [-0.05, 0) is 61.9 Å². The van der Waals surface area contributed by atoms with Gasteiger partial charge in [0.2, 0.25) is 5.91 Å². The lowest BCUT2D eigenvalue weighted by Crippen LogP contribution is -2.29. The molecule has 1 N–H and O–H groups in total. The number of thioether (sulfide) groups is 1. The number of carbonyl (C=O) groups is 1. The average Bonchev–Trinajstić information content (AvgIpc) is 3.22. The minimum Gasteiger partial charge on any atom is -0.494 e. The van der Waals surface area contributed by atoms with Crippen LogP contribution >= 0.6 is 11.8 Å². The minimum absolute atomic E-state index is 0.0614. The molecule has 4 nitrogen and oxygen atoms in total. The Morgan fingerprint density at radius 1 is 1.14 bits per heavy atom. The molecule has 2 aromatic carbocycles. The van der Waals surface area contributed by atoms with E-state index >= 15 is 0 Å².